The van der Waals surface area contributed by atoms with Gasteiger partial charge in [-0.1, -0.05) is 78.9 Å². The molecule has 3 aromatic rings. The number of carboxylic acid groups (broad SMARTS) is 1. The number of amides is 1. The minimum atomic E-state index is -1.75. The maximum absolute atomic E-state index is 12.5. The third-order valence-corrected chi connectivity index (χ3v) is 5.58. The molecule has 0 saturated carbocycles. The van der Waals surface area contributed by atoms with Crippen LogP contribution in [-0.4, -0.2) is 41.0 Å². The van der Waals surface area contributed by atoms with Gasteiger partial charge < -0.3 is 20.3 Å². The van der Waals surface area contributed by atoms with Crippen LogP contribution in [0.15, 0.2) is 78.9 Å². The summed E-state index contributed by atoms with van der Waals surface area (Å²) in [5.74, 6) is -1.50. The first-order valence-electron chi connectivity index (χ1n) is 10.1. The van der Waals surface area contributed by atoms with Crippen LogP contribution in [0.5, 0.6) is 0 Å². The zero-order valence-corrected chi connectivity index (χ0v) is 16.8. The molecule has 158 valence electrons. The fraction of sp³-hybridized carbons (Fsp3) is 0.200. The second-order valence-corrected chi connectivity index (χ2v) is 7.55. The Bertz CT molecular complexity index is 1040. The molecule has 0 saturated heterocycles. The number of aliphatic hydroxyl groups is 1. The lowest BCUT2D eigenvalue weighted by Crippen LogP contribution is -2.48. The summed E-state index contributed by atoms with van der Waals surface area (Å²) >= 11 is 0. The molecule has 3 N–H and O–H groups in total. The molecule has 0 heterocycles. The van der Waals surface area contributed by atoms with Crippen LogP contribution in [0.25, 0.3) is 11.1 Å². The van der Waals surface area contributed by atoms with E-state index in [1.54, 1.807) is 12.1 Å². The number of alkyl carbamates (subject to hydrolysis) is 1. The van der Waals surface area contributed by atoms with E-state index in [1.165, 1.54) is 0 Å². The average molecular weight is 417 g/mol. The van der Waals surface area contributed by atoms with E-state index in [2.05, 4.69) is 5.32 Å². The van der Waals surface area contributed by atoms with Crippen LogP contribution in [0, 0.1) is 0 Å². The monoisotopic (exact) mass is 417 g/mol. The highest BCUT2D eigenvalue weighted by Gasteiger charge is 2.31. The average Bonchev–Trinajstić information content (AvgIpc) is 3.11. The van der Waals surface area contributed by atoms with Gasteiger partial charge in [-0.15, -0.1) is 0 Å². The van der Waals surface area contributed by atoms with Crippen molar-refractivity contribution in [1.29, 1.82) is 0 Å². The number of benzene rings is 3. The van der Waals surface area contributed by atoms with Gasteiger partial charge in [0, 0.05) is 5.92 Å². The topological polar surface area (TPSA) is 95.9 Å². The van der Waals surface area contributed by atoms with Crippen LogP contribution >= 0.6 is 0 Å². The lowest BCUT2D eigenvalue weighted by atomic mass is 9.98. The molecule has 0 unspecified atom stereocenters. The molecule has 6 heteroatoms. The van der Waals surface area contributed by atoms with Crippen molar-refractivity contribution in [3.05, 3.63) is 95.6 Å². The Balaban J connectivity index is 1.46. The number of ether oxygens (including phenoxy) is 1. The van der Waals surface area contributed by atoms with Crippen LogP contribution in [0.2, 0.25) is 0 Å². The van der Waals surface area contributed by atoms with E-state index in [0.717, 1.165) is 27.8 Å². The van der Waals surface area contributed by atoms with Gasteiger partial charge in [0.15, 0.2) is 6.10 Å². The number of carboxylic acids is 1. The van der Waals surface area contributed by atoms with Crippen molar-refractivity contribution in [2.75, 3.05) is 6.61 Å². The van der Waals surface area contributed by atoms with Crippen molar-refractivity contribution in [2.24, 2.45) is 0 Å². The number of hydrogen-bond acceptors (Lipinski definition) is 4. The Kier molecular flexibility index (Phi) is 6.00. The maximum Gasteiger partial charge on any atom is 0.407 e. The van der Waals surface area contributed by atoms with Crippen molar-refractivity contribution in [3.8, 4) is 11.1 Å². The summed E-state index contributed by atoms with van der Waals surface area (Å²) in [4.78, 5) is 23.8. The van der Waals surface area contributed by atoms with E-state index in [0.29, 0.717) is 0 Å². The predicted octanol–water partition coefficient (Wildman–Crippen LogP) is 3.58. The minimum absolute atomic E-state index is 0.102. The SMILES string of the molecule is O=C(N[C@H](Cc1ccccc1)[C@@H](O)C(=O)O)OCC1c2ccccc2-c2ccccc21. The number of aliphatic hydroxyl groups excluding tert-OH is 1. The first-order chi connectivity index (χ1) is 15.0. The van der Waals surface area contributed by atoms with Gasteiger partial charge in [0.25, 0.3) is 0 Å². The Morgan fingerprint density at radius 1 is 0.871 bits per heavy atom. The van der Waals surface area contributed by atoms with E-state index in [9.17, 15) is 19.8 Å². The normalized spacial score (nSPS) is 14.2. The lowest BCUT2D eigenvalue weighted by Gasteiger charge is -2.22. The molecule has 1 amide bonds. The molecule has 3 aromatic carbocycles. The first-order valence-corrected chi connectivity index (χ1v) is 10.1. The van der Waals surface area contributed by atoms with E-state index in [1.807, 2.05) is 66.7 Å². The van der Waals surface area contributed by atoms with Gasteiger partial charge in [0.2, 0.25) is 0 Å². The zero-order chi connectivity index (χ0) is 21.8. The largest absolute Gasteiger partial charge is 0.479 e. The van der Waals surface area contributed by atoms with E-state index < -0.39 is 24.2 Å². The van der Waals surface area contributed by atoms with Crippen molar-refractivity contribution in [1.82, 2.24) is 5.32 Å². The van der Waals surface area contributed by atoms with Crippen molar-refractivity contribution in [3.63, 3.8) is 0 Å². The molecule has 4 rings (SSSR count). The Morgan fingerprint density at radius 2 is 1.42 bits per heavy atom. The van der Waals surface area contributed by atoms with Crippen molar-refractivity contribution < 1.29 is 24.5 Å². The number of fused-ring (bicyclic) bond motifs is 3. The fourth-order valence-corrected chi connectivity index (χ4v) is 4.07. The van der Waals surface area contributed by atoms with Gasteiger partial charge >= 0.3 is 12.1 Å². The fourth-order valence-electron chi connectivity index (χ4n) is 4.07. The number of carbonyl (C=O) groups is 2. The standard InChI is InChI=1S/C25H23NO5/c27-23(24(28)29)22(14-16-8-2-1-3-9-16)26-25(30)31-15-21-19-12-6-4-10-17(19)18-11-5-7-13-20(18)21/h1-13,21-23,27H,14-15H2,(H,26,30)(H,28,29)/t22-,23-/m1/s1. The molecular weight excluding hydrogens is 394 g/mol. The van der Waals surface area contributed by atoms with Crippen LogP contribution in [0.1, 0.15) is 22.6 Å². The quantitative estimate of drug-likeness (QED) is 0.546. The Morgan fingerprint density at radius 3 is 2.00 bits per heavy atom. The summed E-state index contributed by atoms with van der Waals surface area (Å²) < 4.78 is 5.48. The molecule has 1 aliphatic rings. The summed E-state index contributed by atoms with van der Waals surface area (Å²) in [6.07, 6.45) is -2.35. The molecule has 2 atom stereocenters. The number of carbonyl (C=O) groups excluding carboxylic acids is 1. The van der Waals surface area contributed by atoms with Crippen LogP contribution in [0.4, 0.5) is 4.79 Å². The van der Waals surface area contributed by atoms with Gasteiger partial charge in [-0.25, -0.2) is 9.59 Å². The summed E-state index contributed by atoms with van der Waals surface area (Å²) in [7, 11) is 0. The van der Waals surface area contributed by atoms with Crippen LogP contribution in [-0.2, 0) is 16.0 Å². The van der Waals surface area contributed by atoms with Crippen LogP contribution in [0.3, 0.4) is 0 Å². The second kappa shape index (κ2) is 9.02. The molecule has 31 heavy (non-hydrogen) atoms. The summed E-state index contributed by atoms with van der Waals surface area (Å²) in [6.45, 7) is 0.112. The molecule has 0 aromatic heterocycles. The number of nitrogens with one attached hydrogen (secondary N) is 1. The van der Waals surface area contributed by atoms with Gasteiger partial charge in [-0.05, 0) is 34.2 Å². The summed E-state index contributed by atoms with van der Waals surface area (Å²) in [5.41, 5.74) is 5.21. The number of rotatable bonds is 7. The Labute approximate surface area is 180 Å². The molecule has 0 spiro atoms. The molecule has 0 radical (unpaired) electrons. The van der Waals surface area contributed by atoms with Crippen molar-refractivity contribution in [2.45, 2.75) is 24.5 Å². The van der Waals surface area contributed by atoms with E-state index >= 15 is 0 Å². The molecular formula is C25H23NO5. The second-order valence-electron chi connectivity index (χ2n) is 7.55. The molecule has 0 bridgehead atoms. The summed E-state index contributed by atoms with van der Waals surface area (Å²) in [5, 5.41) is 21.8. The predicted molar refractivity (Wildman–Crippen MR) is 116 cm³/mol. The van der Waals surface area contributed by atoms with Gasteiger partial charge in [0.05, 0.1) is 6.04 Å². The molecule has 1 aliphatic carbocycles. The summed E-state index contributed by atoms with van der Waals surface area (Å²) in [6, 6.07) is 24.1. The molecule has 6 nitrogen and oxygen atoms in total. The molecule has 0 aliphatic heterocycles. The molecule has 0 fully saturated rings. The highest BCUT2D eigenvalue weighted by Crippen LogP contribution is 2.44. The van der Waals surface area contributed by atoms with Gasteiger partial charge in [0.1, 0.15) is 6.61 Å². The van der Waals surface area contributed by atoms with E-state index in [4.69, 9.17) is 4.74 Å². The number of aliphatic carboxylic acids is 1. The first kappa shape index (κ1) is 20.6. The van der Waals surface area contributed by atoms with Gasteiger partial charge in [-0.2, -0.15) is 0 Å². The highest BCUT2D eigenvalue weighted by atomic mass is 16.5. The maximum atomic E-state index is 12.5. The smallest absolute Gasteiger partial charge is 0.407 e. The third-order valence-electron chi connectivity index (χ3n) is 5.58. The highest BCUT2D eigenvalue weighted by molar-refractivity contribution is 5.79. The zero-order valence-electron chi connectivity index (χ0n) is 16.8. The lowest BCUT2D eigenvalue weighted by molar-refractivity contribution is -0.148. The van der Waals surface area contributed by atoms with Gasteiger partial charge in [-0.3, -0.25) is 0 Å². The Hall–Kier alpha value is -3.64. The number of hydrogen-bond donors (Lipinski definition) is 3. The third kappa shape index (κ3) is 4.44. The van der Waals surface area contributed by atoms with E-state index in [-0.39, 0.29) is 18.9 Å². The van der Waals surface area contributed by atoms with Crippen molar-refractivity contribution >= 4 is 12.1 Å². The van der Waals surface area contributed by atoms with Crippen LogP contribution < -0.4 is 5.32 Å². The minimum Gasteiger partial charge on any atom is -0.479 e.